The molecule has 6 nitrogen and oxygen atoms in total. The molecule has 0 bridgehead atoms. The number of benzene rings is 1. The first-order valence-corrected chi connectivity index (χ1v) is 6.29. The zero-order valence-electron chi connectivity index (χ0n) is 10.9. The zero-order valence-corrected chi connectivity index (χ0v) is 10.9. The summed E-state index contributed by atoms with van der Waals surface area (Å²) in [5.41, 5.74) is 1.07. The lowest BCUT2D eigenvalue weighted by Crippen LogP contribution is -2.19. The van der Waals surface area contributed by atoms with E-state index < -0.39 is 0 Å². The van der Waals surface area contributed by atoms with Gasteiger partial charge in [0.25, 0.3) is 0 Å². The molecule has 0 unspecified atom stereocenters. The van der Waals surface area contributed by atoms with Crippen molar-refractivity contribution in [3.8, 4) is 11.5 Å². The van der Waals surface area contributed by atoms with Gasteiger partial charge in [-0.25, -0.2) is 0 Å². The number of aromatic hydroxyl groups is 1. The predicted molar refractivity (Wildman–Crippen MR) is 71.0 cm³/mol. The fourth-order valence-electron chi connectivity index (χ4n) is 1.72. The first kappa shape index (κ1) is 13.4. The number of nitrogens with zero attached hydrogens (tertiary/aromatic N) is 3. The second-order valence-corrected chi connectivity index (χ2v) is 4.08. The molecule has 0 spiro atoms. The molecule has 0 aliphatic carbocycles. The van der Waals surface area contributed by atoms with Crippen molar-refractivity contribution in [2.45, 2.75) is 20.0 Å². The number of hydrogen-bond donors (Lipinski definition) is 2. The van der Waals surface area contributed by atoms with Gasteiger partial charge in [-0.1, -0.05) is 11.3 Å². The fraction of sp³-hybridized carbons (Fsp3) is 0.385. The van der Waals surface area contributed by atoms with Crippen LogP contribution in [0.3, 0.4) is 0 Å². The van der Waals surface area contributed by atoms with Crippen LogP contribution in [0.2, 0.25) is 0 Å². The number of phenolic OH excluding ortho intramolecular Hbond substituents is 1. The monoisotopic (exact) mass is 262 g/mol. The van der Waals surface area contributed by atoms with E-state index in [2.05, 4.69) is 15.6 Å². The molecule has 0 radical (unpaired) electrons. The summed E-state index contributed by atoms with van der Waals surface area (Å²) < 4.78 is 7.12. The molecule has 0 amide bonds. The van der Waals surface area contributed by atoms with Gasteiger partial charge in [0.1, 0.15) is 0 Å². The van der Waals surface area contributed by atoms with E-state index in [0.29, 0.717) is 12.4 Å². The van der Waals surface area contributed by atoms with Crippen LogP contribution in [0.4, 0.5) is 0 Å². The van der Waals surface area contributed by atoms with Crippen molar-refractivity contribution >= 4 is 0 Å². The number of aromatic nitrogens is 3. The van der Waals surface area contributed by atoms with E-state index >= 15 is 0 Å². The Hall–Kier alpha value is -2.08. The largest absolute Gasteiger partial charge is 0.504 e. The smallest absolute Gasteiger partial charge is 0.161 e. The third-order valence-electron chi connectivity index (χ3n) is 2.64. The average Bonchev–Trinajstić information content (AvgIpc) is 2.92. The van der Waals surface area contributed by atoms with Crippen LogP contribution in [0.25, 0.3) is 0 Å². The maximum atomic E-state index is 9.60. The van der Waals surface area contributed by atoms with Gasteiger partial charge in [0, 0.05) is 19.3 Å². The summed E-state index contributed by atoms with van der Waals surface area (Å²) in [5, 5.41) is 20.5. The fourth-order valence-corrected chi connectivity index (χ4v) is 1.72. The second kappa shape index (κ2) is 6.75. The van der Waals surface area contributed by atoms with E-state index in [0.717, 1.165) is 25.2 Å². The Morgan fingerprint density at radius 1 is 1.42 bits per heavy atom. The Morgan fingerprint density at radius 3 is 3.05 bits per heavy atom. The average molecular weight is 262 g/mol. The van der Waals surface area contributed by atoms with Gasteiger partial charge in [0.15, 0.2) is 11.5 Å². The summed E-state index contributed by atoms with van der Waals surface area (Å²) in [7, 11) is 0. The van der Waals surface area contributed by atoms with Crippen LogP contribution in [0.5, 0.6) is 11.5 Å². The first-order chi connectivity index (χ1) is 9.29. The number of nitrogens with one attached hydrogen (secondary N) is 1. The highest BCUT2D eigenvalue weighted by atomic mass is 16.5. The lowest BCUT2D eigenvalue weighted by molar-refractivity contribution is 0.317. The van der Waals surface area contributed by atoms with Crippen LogP contribution >= 0.6 is 0 Å². The molecule has 2 N–H and O–H groups in total. The van der Waals surface area contributed by atoms with E-state index in [1.54, 1.807) is 16.9 Å². The molecule has 0 fully saturated rings. The Labute approximate surface area is 112 Å². The molecule has 1 aromatic heterocycles. The molecule has 0 saturated carbocycles. The Balaban J connectivity index is 1.80. The molecule has 0 aliphatic heterocycles. The van der Waals surface area contributed by atoms with Crippen LogP contribution in [0, 0.1) is 0 Å². The molecule has 0 atom stereocenters. The molecule has 2 rings (SSSR count). The Morgan fingerprint density at radius 2 is 2.32 bits per heavy atom. The standard InChI is InChI=1S/C13H18N4O2/c1-2-19-13-9-11(3-4-12(13)18)10-14-5-7-17-8-6-15-16-17/h3-4,6,8-9,14,18H,2,5,7,10H2,1H3. The highest BCUT2D eigenvalue weighted by Crippen LogP contribution is 2.26. The van der Waals surface area contributed by atoms with E-state index in [1.165, 1.54) is 0 Å². The van der Waals surface area contributed by atoms with Gasteiger partial charge < -0.3 is 15.2 Å². The van der Waals surface area contributed by atoms with Crippen molar-refractivity contribution in [3.63, 3.8) is 0 Å². The van der Waals surface area contributed by atoms with Gasteiger partial charge in [0.05, 0.1) is 19.3 Å². The normalized spacial score (nSPS) is 10.6. The SMILES string of the molecule is CCOc1cc(CNCCn2ccnn2)ccc1O. The van der Waals surface area contributed by atoms with Gasteiger partial charge >= 0.3 is 0 Å². The molecule has 19 heavy (non-hydrogen) atoms. The topological polar surface area (TPSA) is 72.2 Å². The number of hydrogen-bond acceptors (Lipinski definition) is 5. The molecular formula is C13H18N4O2. The highest BCUT2D eigenvalue weighted by Gasteiger charge is 2.03. The number of ether oxygens (including phenoxy) is 1. The highest BCUT2D eigenvalue weighted by molar-refractivity contribution is 5.41. The molecule has 1 heterocycles. The van der Waals surface area contributed by atoms with Crippen molar-refractivity contribution in [1.29, 1.82) is 0 Å². The summed E-state index contributed by atoms with van der Waals surface area (Å²) in [6, 6.07) is 5.38. The second-order valence-electron chi connectivity index (χ2n) is 4.08. The van der Waals surface area contributed by atoms with Crippen LogP contribution < -0.4 is 10.1 Å². The van der Waals surface area contributed by atoms with Crippen LogP contribution in [0.15, 0.2) is 30.6 Å². The van der Waals surface area contributed by atoms with E-state index in [-0.39, 0.29) is 5.75 Å². The van der Waals surface area contributed by atoms with Crippen LogP contribution in [-0.2, 0) is 13.1 Å². The summed E-state index contributed by atoms with van der Waals surface area (Å²) in [4.78, 5) is 0. The maximum Gasteiger partial charge on any atom is 0.161 e. The lowest BCUT2D eigenvalue weighted by atomic mass is 10.2. The van der Waals surface area contributed by atoms with Gasteiger partial charge in [-0.15, -0.1) is 5.10 Å². The van der Waals surface area contributed by atoms with E-state index in [1.807, 2.05) is 25.3 Å². The summed E-state index contributed by atoms with van der Waals surface area (Å²) in [5.74, 6) is 0.700. The molecule has 6 heteroatoms. The summed E-state index contributed by atoms with van der Waals surface area (Å²) in [6.45, 7) is 4.72. The first-order valence-electron chi connectivity index (χ1n) is 6.29. The zero-order chi connectivity index (χ0) is 13.5. The van der Waals surface area contributed by atoms with Crippen molar-refractivity contribution in [2.75, 3.05) is 13.2 Å². The molecule has 0 aliphatic rings. The van der Waals surface area contributed by atoms with Crippen molar-refractivity contribution in [2.24, 2.45) is 0 Å². The molecule has 1 aromatic carbocycles. The Kier molecular flexibility index (Phi) is 4.74. The van der Waals surface area contributed by atoms with Crippen LogP contribution in [-0.4, -0.2) is 33.3 Å². The van der Waals surface area contributed by atoms with E-state index in [4.69, 9.17) is 4.74 Å². The predicted octanol–water partition coefficient (Wildman–Crippen LogP) is 1.17. The van der Waals surface area contributed by atoms with Gasteiger partial charge in [0.2, 0.25) is 0 Å². The molecule has 0 saturated heterocycles. The third-order valence-corrected chi connectivity index (χ3v) is 2.64. The number of phenols is 1. The van der Waals surface area contributed by atoms with Crippen molar-refractivity contribution in [3.05, 3.63) is 36.2 Å². The third kappa shape index (κ3) is 3.96. The van der Waals surface area contributed by atoms with Crippen molar-refractivity contribution < 1.29 is 9.84 Å². The minimum atomic E-state index is 0.174. The van der Waals surface area contributed by atoms with Gasteiger partial charge in [-0.2, -0.15) is 0 Å². The molecular weight excluding hydrogens is 244 g/mol. The van der Waals surface area contributed by atoms with Gasteiger partial charge in [-0.3, -0.25) is 4.68 Å². The molecule has 2 aromatic rings. The van der Waals surface area contributed by atoms with Crippen molar-refractivity contribution in [1.82, 2.24) is 20.3 Å². The minimum absolute atomic E-state index is 0.174. The Bertz CT molecular complexity index is 499. The van der Waals surface area contributed by atoms with Crippen LogP contribution in [0.1, 0.15) is 12.5 Å². The summed E-state index contributed by atoms with van der Waals surface area (Å²) in [6.07, 6.45) is 3.49. The lowest BCUT2D eigenvalue weighted by Gasteiger charge is -2.09. The quantitative estimate of drug-likeness (QED) is 0.733. The maximum absolute atomic E-state index is 9.60. The molecule has 102 valence electrons. The van der Waals surface area contributed by atoms with E-state index in [9.17, 15) is 5.11 Å². The number of rotatable bonds is 7. The summed E-state index contributed by atoms with van der Waals surface area (Å²) >= 11 is 0. The van der Waals surface area contributed by atoms with Gasteiger partial charge in [-0.05, 0) is 24.6 Å². The minimum Gasteiger partial charge on any atom is -0.504 e.